The van der Waals surface area contributed by atoms with Crippen molar-refractivity contribution in [2.75, 3.05) is 18.5 Å². The summed E-state index contributed by atoms with van der Waals surface area (Å²) >= 11 is 2.88. The van der Waals surface area contributed by atoms with Crippen LogP contribution in [0.3, 0.4) is 0 Å². The third-order valence-corrected chi connectivity index (χ3v) is 4.90. The largest absolute Gasteiger partial charge is 0.397 e. The topological polar surface area (TPSA) is 71.7 Å². The van der Waals surface area contributed by atoms with Crippen LogP contribution in [0.15, 0.2) is 10.7 Å². The van der Waals surface area contributed by atoms with Crippen LogP contribution in [0.4, 0.5) is 23.5 Å². The normalized spacial score (nSPS) is 23.0. The Labute approximate surface area is 148 Å². The van der Waals surface area contributed by atoms with Crippen molar-refractivity contribution in [1.29, 1.82) is 0 Å². The Bertz CT molecular complexity index is 782. The van der Waals surface area contributed by atoms with Gasteiger partial charge >= 0.3 is 6.18 Å². The number of halogens is 5. The number of fused-ring (bicyclic) bond motifs is 1. The van der Waals surface area contributed by atoms with E-state index in [0.717, 1.165) is 17.6 Å². The van der Waals surface area contributed by atoms with E-state index in [-0.39, 0.29) is 28.2 Å². The average molecular weight is 427 g/mol. The standard InChI is InChI=1S/C14H15BrF4N4O2/c1-6(14(17,18)19)12-10(15)11(16)8-4-20-13(22-23(8)12)21-7-2-3-25-5-9(7)24/h4,6-7,9,24H,2-3,5H2,1H3,(H,21,22)/t6?,7-,9-/m1/s1. The Morgan fingerprint density at radius 1 is 1.48 bits per heavy atom. The van der Waals surface area contributed by atoms with Gasteiger partial charge in [-0.2, -0.15) is 13.2 Å². The van der Waals surface area contributed by atoms with E-state index in [2.05, 4.69) is 31.3 Å². The van der Waals surface area contributed by atoms with E-state index in [4.69, 9.17) is 4.74 Å². The molecule has 0 spiro atoms. The molecule has 3 rings (SSSR count). The van der Waals surface area contributed by atoms with E-state index < -0.39 is 30.1 Å². The number of alkyl halides is 3. The molecule has 0 saturated carbocycles. The lowest BCUT2D eigenvalue weighted by molar-refractivity contribution is -0.147. The minimum absolute atomic E-state index is 0.00317. The Morgan fingerprint density at radius 3 is 2.84 bits per heavy atom. The van der Waals surface area contributed by atoms with Crippen molar-refractivity contribution in [1.82, 2.24) is 14.6 Å². The lowest BCUT2D eigenvalue weighted by Gasteiger charge is -2.28. The molecule has 0 aliphatic carbocycles. The second-order valence-corrected chi connectivity index (χ2v) is 6.63. The highest BCUT2D eigenvalue weighted by molar-refractivity contribution is 9.10. The van der Waals surface area contributed by atoms with Gasteiger partial charge in [0.1, 0.15) is 5.52 Å². The molecule has 6 nitrogen and oxygen atoms in total. The maximum Gasteiger partial charge on any atom is 0.397 e. The molecule has 1 aliphatic heterocycles. The molecule has 1 unspecified atom stereocenters. The van der Waals surface area contributed by atoms with Crippen molar-refractivity contribution in [3.63, 3.8) is 0 Å². The van der Waals surface area contributed by atoms with Gasteiger partial charge in [-0.05, 0) is 29.3 Å². The first-order valence-corrected chi connectivity index (χ1v) is 8.31. The van der Waals surface area contributed by atoms with Crippen LogP contribution in [-0.2, 0) is 4.74 Å². The van der Waals surface area contributed by atoms with Crippen LogP contribution in [0.25, 0.3) is 5.52 Å². The minimum atomic E-state index is -4.56. The molecule has 138 valence electrons. The molecule has 0 bridgehead atoms. The van der Waals surface area contributed by atoms with E-state index in [1.807, 2.05) is 0 Å². The summed E-state index contributed by atoms with van der Waals surface area (Å²) in [6.07, 6.45) is -3.76. The van der Waals surface area contributed by atoms with Crippen LogP contribution in [0.2, 0.25) is 0 Å². The zero-order valence-electron chi connectivity index (χ0n) is 13.0. The maximum atomic E-state index is 14.2. The fourth-order valence-electron chi connectivity index (χ4n) is 2.65. The second kappa shape index (κ2) is 6.69. The Morgan fingerprint density at radius 2 is 2.20 bits per heavy atom. The van der Waals surface area contributed by atoms with Crippen LogP contribution in [0.1, 0.15) is 25.0 Å². The first-order valence-electron chi connectivity index (χ1n) is 7.51. The van der Waals surface area contributed by atoms with Crippen molar-refractivity contribution in [2.45, 2.75) is 37.6 Å². The highest BCUT2D eigenvalue weighted by Crippen LogP contribution is 2.40. The SMILES string of the molecule is CC(c1c(Br)c(F)c2cnc(N[C@@H]3CCOC[C@H]3O)nn12)C(F)(F)F. The number of ether oxygens (including phenoxy) is 1. The summed E-state index contributed by atoms with van der Waals surface area (Å²) in [5, 5.41) is 16.7. The number of hydrogen-bond acceptors (Lipinski definition) is 5. The summed E-state index contributed by atoms with van der Waals surface area (Å²) in [5.41, 5.74) is -0.519. The third kappa shape index (κ3) is 3.44. The van der Waals surface area contributed by atoms with E-state index in [0.29, 0.717) is 13.0 Å². The summed E-state index contributed by atoms with van der Waals surface area (Å²) in [6, 6.07) is -0.404. The molecule has 0 amide bonds. The van der Waals surface area contributed by atoms with Gasteiger partial charge in [-0.3, -0.25) is 0 Å². The third-order valence-electron chi connectivity index (χ3n) is 4.14. The van der Waals surface area contributed by atoms with Gasteiger partial charge in [0.15, 0.2) is 5.82 Å². The Balaban J connectivity index is 2.01. The number of nitrogens with one attached hydrogen (secondary N) is 1. The zero-order chi connectivity index (χ0) is 18.4. The van der Waals surface area contributed by atoms with Crippen molar-refractivity contribution in [3.05, 3.63) is 22.2 Å². The predicted molar refractivity (Wildman–Crippen MR) is 84.0 cm³/mol. The molecule has 1 aliphatic rings. The van der Waals surface area contributed by atoms with E-state index in [1.54, 1.807) is 0 Å². The number of aromatic nitrogens is 3. The van der Waals surface area contributed by atoms with Crippen molar-refractivity contribution in [2.24, 2.45) is 0 Å². The maximum absolute atomic E-state index is 14.2. The monoisotopic (exact) mass is 426 g/mol. The molecule has 25 heavy (non-hydrogen) atoms. The predicted octanol–water partition coefficient (Wildman–Crippen LogP) is 2.86. The number of rotatable bonds is 3. The van der Waals surface area contributed by atoms with Crippen LogP contribution in [0.5, 0.6) is 0 Å². The molecular formula is C14H15BrF4N4O2. The van der Waals surface area contributed by atoms with Gasteiger partial charge in [0.25, 0.3) is 0 Å². The second-order valence-electron chi connectivity index (χ2n) is 5.84. The Kier molecular flexibility index (Phi) is 4.91. The van der Waals surface area contributed by atoms with Crippen LogP contribution in [0, 0.1) is 5.82 Å². The summed E-state index contributed by atoms with van der Waals surface area (Å²) < 4.78 is 59.3. The lowest BCUT2D eigenvalue weighted by atomic mass is 10.1. The van der Waals surface area contributed by atoms with E-state index >= 15 is 0 Å². The quantitative estimate of drug-likeness (QED) is 0.738. The first kappa shape index (κ1) is 18.3. The van der Waals surface area contributed by atoms with Crippen molar-refractivity contribution < 1.29 is 27.4 Å². The molecular weight excluding hydrogens is 412 g/mol. The number of nitrogens with zero attached hydrogens (tertiary/aromatic N) is 3. The summed E-state index contributed by atoms with van der Waals surface area (Å²) in [5.74, 6) is -2.80. The fraction of sp³-hybridized carbons (Fsp3) is 0.571. The van der Waals surface area contributed by atoms with Crippen LogP contribution >= 0.6 is 15.9 Å². The van der Waals surface area contributed by atoms with Gasteiger partial charge in [0.05, 0.1) is 41.0 Å². The number of anilines is 1. The van der Waals surface area contributed by atoms with Gasteiger partial charge in [-0.15, -0.1) is 5.10 Å². The van der Waals surface area contributed by atoms with Crippen molar-refractivity contribution in [3.8, 4) is 0 Å². The molecule has 2 aromatic heterocycles. The summed E-state index contributed by atoms with van der Waals surface area (Å²) in [4.78, 5) is 3.94. The molecule has 1 saturated heterocycles. The Hall–Kier alpha value is -1.46. The molecule has 2 aromatic rings. The van der Waals surface area contributed by atoms with Crippen molar-refractivity contribution >= 4 is 27.4 Å². The molecule has 3 heterocycles. The fourth-order valence-corrected chi connectivity index (χ4v) is 3.37. The van der Waals surface area contributed by atoms with Gasteiger partial charge in [0.2, 0.25) is 5.95 Å². The van der Waals surface area contributed by atoms with Gasteiger partial charge in [-0.1, -0.05) is 0 Å². The lowest BCUT2D eigenvalue weighted by Crippen LogP contribution is -2.42. The summed E-state index contributed by atoms with van der Waals surface area (Å²) in [6.45, 7) is 1.50. The van der Waals surface area contributed by atoms with Gasteiger partial charge in [-0.25, -0.2) is 13.9 Å². The van der Waals surface area contributed by atoms with E-state index in [1.165, 1.54) is 0 Å². The number of aliphatic hydroxyl groups excluding tert-OH is 1. The van der Waals surface area contributed by atoms with Gasteiger partial charge in [0, 0.05) is 6.61 Å². The molecule has 1 fully saturated rings. The molecule has 0 radical (unpaired) electrons. The highest BCUT2D eigenvalue weighted by atomic mass is 79.9. The minimum Gasteiger partial charge on any atom is -0.389 e. The molecule has 11 heteroatoms. The van der Waals surface area contributed by atoms with E-state index in [9.17, 15) is 22.7 Å². The van der Waals surface area contributed by atoms with Crippen LogP contribution < -0.4 is 5.32 Å². The highest BCUT2D eigenvalue weighted by Gasteiger charge is 2.41. The van der Waals surface area contributed by atoms with Gasteiger partial charge < -0.3 is 15.2 Å². The zero-order valence-corrected chi connectivity index (χ0v) is 14.6. The molecule has 0 aromatic carbocycles. The average Bonchev–Trinajstić information content (AvgIpc) is 2.79. The molecule has 2 N–H and O–H groups in total. The number of hydrogen-bond donors (Lipinski definition) is 2. The summed E-state index contributed by atoms with van der Waals surface area (Å²) in [7, 11) is 0. The van der Waals surface area contributed by atoms with Crippen LogP contribution in [-0.4, -0.2) is 51.2 Å². The smallest absolute Gasteiger partial charge is 0.389 e. The number of aliphatic hydroxyl groups is 1. The molecule has 3 atom stereocenters. The first-order chi connectivity index (χ1) is 11.7.